The molecule has 0 aromatic heterocycles. The average molecular weight is 259 g/mol. The minimum Gasteiger partial charge on any atom is -0.464 e. The molecule has 0 aromatic rings. The van der Waals surface area contributed by atoms with Crippen molar-refractivity contribution >= 4 is 24.1 Å². The predicted molar refractivity (Wildman–Crippen MR) is 60.5 cm³/mol. The van der Waals surface area contributed by atoms with Crippen LogP contribution in [0.2, 0.25) is 0 Å². The maximum atomic E-state index is 11.8. The Hall–Kier alpha value is -1.92. The normalized spacial score (nSPS) is 10.4. The number of amides is 1. The summed E-state index contributed by atoms with van der Waals surface area (Å²) in [4.78, 5) is 45.4. The standard InChI is InChI=1S/C11H17NO6/c1-4-17-9(15)11(6-7-13,12-8(3)14)10(16)18-5-2/h7H,4-6H2,1-3H3,(H,12,14). The third-order valence-electron chi connectivity index (χ3n) is 2.03. The number of nitrogens with one attached hydrogen (secondary N) is 1. The monoisotopic (exact) mass is 259 g/mol. The average Bonchev–Trinajstić information content (AvgIpc) is 2.28. The summed E-state index contributed by atoms with van der Waals surface area (Å²) in [7, 11) is 0. The fraction of sp³-hybridized carbons (Fsp3) is 0.636. The van der Waals surface area contributed by atoms with Crippen LogP contribution in [0.3, 0.4) is 0 Å². The van der Waals surface area contributed by atoms with E-state index in [9.17, 15) is 19.2 Å². The summed E-state index contributed by atoms with van der Waals surface area (Å²) in [5.74, 6) is -2.66. The minimum atomic E-state index is -2.10. The topological polar surface area (TPSA) is 98.8 Å². The Morgan fingerprint density at radius 2 is 1.56 bits per heavy atom. The van der Waals surface area contributed by atoms with E-state index < -0.39 is 29.8 Å². The minimum absolute atomic E-state index is 0.0123. The van der Waals surface area contributed by atoms with Gasteiger partial charge in [0.25, 0.3) is 0 Å². The first-order valence-electron chi connectivity index (χ1n) is 5.51. The summed E-state index contributed by atoms with van der Waals surface area (Å²) in [6.45, 7) is 4.24. The van der Waals surface area contributed by atoms with Crippen molar-refractivity contribution in [2.45, 2.75) is 32.7 Å². The van der Waals surface area contributed by atoms with Gasteiger partial charge in [0.05, 0.1) is 13.2 Å². The van der Waals surface area contributed by atoms with Crippen molar-refractivity contribution in [2.24, 2.45) is 0 Å². The zero-order valence-corrected chi connectivity index (χ0v) is 10.6. The van der Waals surface area contributed by atoms with E-state index in [1.54, 1.807) is 13.8 Å². The molecule has 18 heavy (non-hydrogen) atoms. The molecule has 0 aliphatic carbocycles. The maximum Gasteiger partial charge on any atom is 0.344 e. The molecule has 7 heteroatoms. The van der Waals surface area contributed by atoms with Gasteiger partial charge < -0.3 is 19.6 Å². The van der Waals surface area contributed by atoms with Gasteiger partial charge in [0.15, 0.2) is 0 Å². The second kappa shape index (κ2) is 7.41. The quantitative estimate of drug-likeness (QED) is 0.378. The molecule has 7 nitrogen and oxygen atoms in total. The Balaban J connectivity index is 5.38. The lowest BCUT2D eigenvalue weighted by Gasteiger charge is -2.27. The molecule has 0 unspecified atom stereocenters. The van der Waals surface area contributed by atoms with Gasteiger partial charge in [0.2, 0.25) is 11.4 Å². The number of esters is 2. The number of ether oxygens (including phenoxy) is 2. The van der Waals surface area contributed by atoms with Crippen molar-refractivity contribution < 1.29 is 28.7 Å². The van der Waals surface area contributed by atoms with E-state index in [0.29, 0.717) is 6.29 Å². The lowest BCUT2D eigenvalue weighted by molar-refractivity contribution is -0.168. The number of carbonyl (C=O) groups is 4. The summed E-state index contributed by atoms with van der Waals surface area (Å²) in [5.41, 5.74) is -2.10. The molecule has 1 N–H and O–H groups in total. The molecule has 0 atom stereocenters. The van der Waals surface area contributed by atoms with E-state index in [-0.39, 0.29) is 13.2 Å². The van der Waals surface area contributed by atoms with Gasteiger partial charge >= 0.3 is 11.9 Å². The van der Waals surface area contributed by atoms with Crippen molar-refractivity contribution in [1.82, 2.24) is 5.32 Å². The van der Waals surface area contributed by atoms with Crippen LogP contribution in [0, 0.1) is 0 Å². The number of hydrogen-bond donors (Lipinski definition) is 1. The largest absolute Gasteiger partial charge is 0.464 e. The zero-order chi connectivity index (χ0) is 14.2. The molecule has 0 aliphatic heterocycles. The van der Waals surface area contributed by atoms with Gasteiger partial charge in [-0.15, -0.1) is 0 Å². The highest BCUT2D eigenvalue weighted by molar-refractivity contribution is 6.09. The number of aldehydes is 1. The Labute approximate surface area is 105 Å². The first-order chi connectivity index (χ1) is 8.44. The Bertz CT molecular complexity index is 320. The third-order valence-corrected chi connectivity index (χ3v) is 2.03. The van der Waals surface area contributed by atoms with Crippen LogP contribution in [0.25, 0.3) is 0 Å². The molecule has 0 bridgehead atoms. The van der Waals surface area contributed by atoms with Gasteiger partial charge in [-0.1, -0.05) is 0 Å². The first kappa shape index (κ1) is 16.1. The molecule has 0 heterocycles. The second-order valence-corrected chi connectivity index (χ2v) is 3.40. The van der Waals surface area contributed by atoms with Crippen LogP contribution in [-0.2, 0) is 28.7 Å². The first-order valence-corrected chi connectivity index (χ1v) is 5.51. The number of carbonyl (C=O) groups excluding carboxylic acids is 4. The van der Waals surface area contributed by atoms with Crippen molar-refractivity contribution in [3.63, 3.8) is 0 Å². The van der Waals surface area contributed by atoms with Crippen LogP contribution < -0.4 is 5.32 Å². The van der Waals surface area contributed by atoms with Gasteiger partial charge in [0, 0.05) is 13.3 Å². The van der Waals surface area contributed by atoms with Crippen molar-refractivity contribution in [1.29, 1.82) is 0 Å². The maximum absolute atomic E-state index is 11.8. The fourth-order valence-corrected chi connectivity index (χ4v) is 1.34. The van der Waals surface area contributed by atoms with E-state index >= 15 is 0 Å². The zero-order valence-electron chi connectivity index (χ0n) is 10.6. The number of hydrogen-bond acceptors (Lipinski definition) is 6. The molecule has 0 aliphatic rings. The third kappa shape index (κ3) is 3.83. The molecule has 1 amide bonds. The van der Waals surface area contributed by atoms with Crippen LogP contribution in [0.15, 0.2) is 0 Å². The SMILES string of the molecule is CCOC(=O)C(CC=O)(NC(C)=O)C(=O)OCC. The molecule has 0 saturated carbocycles. The highest BCUT2D eigenvalue weighted by Crippen LogP contribution is 2.15. The van der Waals surface area contributed by atoms with E-state index in [1.165, 1.54) is 0 Å². The van der Waals surface area contributed by atoms with Gasteiger partial charge in [-0.05, 0) is 13.8 Å². The summed E-state index contributed by atoms with van der Waals surface area (Å²) in [6, 6.07) is 0. The van der Waals surface area contributed by atoms with Crippen LogP contribution in [-0.4, -0.2) is 42.9 Å². The molecule has 0 fully saturated rings. The number of rotatable bonds is 7. The second-order valence-electron chi connectivity index (χ2n) is 3.40. The molecule has 102 valence electrons. The Kier molecular flexibility index (Phi) is 6.62. The van der Waals surface area contributed by atoms with Crippen LogP contribution in [0.5, 0.6) is 0 Å². The summed E-state index contributed by atoms with van der Waals surface area (Å²) in [6.07, 6.45) is -0.186. The van der Waals surface area contributed by atoms with Crippen molar-refractivity contribution in [3.8, 4) is 0 Å². The lowest BCUT2D eigenvalue weighted by atomic mass is 9.95. The van der Waals surface area contributed by atoms with Crippen LogP contribution >= 0.6 is 0 Å². The van der Waals surface area contributed by atoms with E-state index in [4.69, 9.17) is 9.47 Å². The van der Waals surface area contributed by atoms with Gasteiger partial charge in [-0.3, -0.25) is 4.79 Å². The van der Waals surface area contributed by atoms with E-state index in [0.717, 1.165) is 6.92 Å². The van der Waals surface area contributed by atoms with Crippen LogP contribution in [0.1, 0.15) is 27.2 Å². The Morgan fingerprint density at radius 1 is 1.11 bits per heavy atom. The molecular weight excluding hydrogens is 242 g/mol. The molecule has 0 spiro atoms. The molecular formula is C11H17NO6. The smallest absolute Gasteiger partial charge is 0.344 e. The molecule has 0 rings (SSSR count). The van der Waals surface area contributed by atoms with E-state index in [1.807, 2.05) is 0 Å². The fourth-order valence-electron chi connectivity index (χ4n) is 1.34. The molecule has 0 radical (unpaired) electrons. The van der Waals surface area contributed by atoms with Gasteiger partial charge in [0.1, 0.15) is 6.29 Å². The lowest BCUT2D eigenvalue weighted by Crippen LogP contribution is -2.61. The van der Waals surface area contributed by atoms with Crippen LogP contribution in [0.4, 0.5) is 0 Å². The summed E-state index contributed by atoms with van der Waals surface area (Å²) >= 11 is 0. The Morgan fingerprint density at radius 3 is 1.83 bits per heavy atom. The van der Waals surface area contributed by atoms with E-state index in [2.05, 4.69) is 5.32 Å². The highest BCUT2D eigenvalue weighted by Gasteiger charge is 2.49. The van der Waals surface area contributed by atoms with Crippen molar-refractivity contribution in [3.05, 3.63) is 0 Å². The predicted octanol–water partition coefficient (Wildman–Crippen LogP) is -0.423. The highest BCUT2D eigenvalue weighted by atomic mass is 16.6. The molecule has 0 aromatic carbocycles. The van der Waals surface area contributed by atoms with Gasteiger partial charge in [-0.2, -0.15) is 0 Å². The van der Waals surface area contributed by atoms with Gasteiger partial charge in [-0.25, -0.2) is 9.59 Å². The van der Waals surface area contributed by atoms with Crippen molar-refractivity contribution in [2.75, 3.05) is 13.2 Å². The molecule has 0 saturated heterocycles. The summed E-state index contributed by atoms with van der Waals surface area (Å²) < 4.78 is 9.43. The summed E-state index contributed by atoms with van der Waals surface area (Å²) in [5, 5.41) is 2.14.